The number of aryl methyl sites for hydroxylation is 1. The first-order valence-corrected chi connectivity index (χ1v) is 14.7. The lowest BCUT2D eigenvalue weighted by Gasteiger charge is -2.10. The van der Waals surface area contributed by atoms with Crippen molar-refractivity contribution in [3.63, 3.8) is 0 Å². The Kier molecular flexibility index (Phi) is 6.31. The fourth-order valence-electron chi connectivity index (χ4n) is 5.84. The third kappa shape index (κ3) is 4.73. The smallest absolute Gasteiger partial charge is 0.164 e. The van der Waals surface area contributed by atoms with Gasteiger partial charge in [-0.05, 0) is 53.4 Å². The molecule has 2 aromatic heterocycles. The minimum absolute atomic E-state index is 0.598. The van der Waals surface area contributed by atoms with Gasteiger partial charge in [0, 0.05) is 27.5 Å². The summed E-state index contributed by atoms with van der Waals surface area (Å²) in [7, 11) is 0. The lowest BCUT2D eigenvalue weighted by atomic mass is 9.99. The minimum Gasteiger partial charge on any atom is -0.456 e. The average molecular weight is 566 g/mol. The van der Waals surface area contributed by atoms with Crippen LogP contribution < -0.4 is 0 Å². The lowest BCUT2D eigenvalue weighted by molar-refractivity contribution is 0.669. The second-order valence-corrected chi connectivity index (χ2v) is 11.0. The molecule has 0 saturated carbocycles. The highest BCUT2D eigenvalue weighted by atomic mass is 16.3. The predicted molar refractivity (Wildman–Crippen MR) is 179 cm³/mol. The SMILES string of the molecule is Cc1cccc(-c2cccc(-c3nc(-c4ccccc4)nc(-c4ccc5c(c4)oc4cccc(-c6ccccc6)c45)n3)c2)c1. The van der Waals surface area contributed by atoms with E-state index in [1.165, 1.54) is 5.56 Å². The van der Waals surface area contributed by atoms with E-state index in [1.807, 2.05) is 54.6 Å². The van der Waals surface area contributed by atoms with Crippen molar-refractivity contribution in [3.05, 3.63) is 151 Å². The highest BCUT2D eigenvalue weighted by molar-refractivity contribution is 6.12. The number of aromatic nitrogens is 3. The third-order valence-electron chi connectivity index (χ3n) is 7.98. The van der Waals surface area contributed by atoms with Crippen LogP contribution in [0.25, 0.3) is 78.4 Å². The summed E-state index contributed by atoms with van der Waals surface area (Å²) in [6, 6.07) is 49.8. The highest BCUT2D eigenvalue weighted by Crippen LogP contribution is 2.38. The van der Waals surface area contributed by atoms with Gasteiger partial charge in [-0.25, -0.2) is 15.0 Å². The molecule has 208 valence electrons. The molecule has 6 aromatic carbocycles. The second kappa shape index (κ2) is 10.8. The molecule has 0 aliphatic carbocycles. The Morgan fingerprint density at radius 1 is 0.409 bits per heavy atom. The fourth-order valence-corrected chi connectivity index (χ4v) is 5.84. The van der Waals surface area contributed by atoms with Gasteiger partial charge in [0.2, 0.25) is 0 Å². The van der Waals surface area contributed by atoms with Crippen LogP contribution >= 0.6 is 0 Å². The standard InChI is InChI=1S/C40H27N3O/c1-26-11-8-16-29(23-26)30-17-9-18-31(24-30)39-41-38(28-14-6-3-7-15-28)42-40(43-39)32-21-22-34-36(25-32)44-35-20-10-19-33(37(34)35)27-12-4-2-5-13-27/h2-25H,1H3. The van der Waals surface area contributed by atoms with E-state index in [9.17, 15) is 0 Å². The van der Waals surface area contributed by atoms with E-state index in [1.54, 1.807) is 0 Å². The summed E-state index contributed by atoms with van der Waals surface area (Å²) in [4.78, 5) is 14.9. The van der Waals surface area contributed by atoms with Crippen molar-refractivity contribution in [2.75, 3.05) is 0 Å². The zero-order chi connectivity index (χ0) is 29.5. The molecule has 8 rings (SSSR count). The van der Waals surface area contributed by atoms with Crippen LogP contribution in [0.15, 0.2) is 150 Å². The van der Waals surface area contributed by atoms with E-state index in [2.05, 4.69) is 97.9 Å². The molecule has 0 radical (unpaired) electrons. The molecule has 0 aliphatic heterocycles. The predicted octanol–water partition coefficient (Wildman–Crippen LogP) is 10.4. The molecule has 8 aromatic rings. The summed E-state index contributed by atoms with van der Waals surface area (Å²) < 4.78 is 6.41. The summed E-state index contributed by atoms with van der Waals surface area (Å²) in [5.41, 5.74) is 10.2. The van der Waals surface area contributed by atoms with Crippen molar-refractivity contribution >= 4 is 21.9 Å². The van der Waals surface area contributed by atoms with Crippen LogP contribution in [-0.4, -0.2) is 15.0 Å². The van der Waals surface area contributed by atoms with Crippen LogP contribution in [0.2, 0.25) is 0 Å². The van der Waals surface area contributed by atoms with E-state index < -0.39 is 0 Å². The van der Waals surface area contributed by atoms with Crippen molar-refractivity contribution < 1.29 is 4.42 Å². The largest absolute Gasteiger partial charge is 0.456 e. The number of rotatable bonds is 5. The molecule has 2 heterocycles. The molecular weight excluding hydrogens is 538 g/mol. The van der Waals surface area contributed by atoms with Gasteiger partial charge < -0.3 is 4.42 Å². The Labute approximate surface area is 255 Å². The number of benzene rings is 6. The first-order valence-electron chi connectivity index (χ1n) is 14.7. The highest BCUT2D eigenvalue weighted by Gasteiger charge is 2.16. The molecular formula is C40H27N3O. The summed E-state index contributed by atoms with van der Waals surface area (Å²) in [5.74, 6) is 1.85. The van der Waals surface area contributed by atoms with Gasteiger partial charge in [-0.2, -0.15) is 0 Å². The van der Waals surface area contributed by atoms with E-state index >= 15 is 0 Å². The molecule has 0 aliphatic rings. The van der Waals surface area contributed by atoms with Gasteiger partial charge >= 0.3 is 0 Å². The Hall–Kier alpha value is -5.87. The summed E-state index contributed by atoms with van der Waals surface area (Å²) in [6.07, 6.45) is 0. The van der Waals surface area contributed by atoms with Gasteiger partial charge in [-0.15, -0.1) is 0 Å². The molecule has 44 heavy (non-hydrogen) atoms. The maximum Gasteiger partial charge on any atom is 0.164 e. The molecule has 0 atom stereocenters. The molecule has 0 bridgehead atoms. The quantitative estimate of drug-likeness (QED) is 0.208. The lowest BCUT2D eigenvalue weighted by Crippen LogP contribution is -2.00. The molecule has 0 saturated heterocycles. The second-order valence-electron chi connectivity index (χ2n) is 11.0. The van der Waals surface area contributed by atoms with Crippen molar-refractivity contribution in [1.82, 2.24) is 15.0 Å². The zero-order valence-electron chi connectivity index (χ0n) is 24.1. The monoisotopic (exact) mass is 565 g/mol. The summed E-state index contributed by atoms with van der Waals surface area (Å²) >= 11 is 0. The first-order chi connectivity index (χ1) is 21.7. The van der Waals surface area contributed by atoms with Crippen LogP contribution in [-0.2, 0) is 0 Å². The van der Waals surface area contributed by atoms with E-state index in [-0.39, 0.29) is 0 Å². The topological polar surface area (TPSA) is 51.8 Å². The zero-order valence-corrected chi connectivity index (χ0v) is 24.1. The first kappa shape index (κ1) is 25.8. The summed E-state index contributed by atoms with van der Waals surface area (Å²) in [5, 5.41) is 2.17. The van der Waals surface area contributed by atoms with Gasteiger partial charge in [0.05, 0.1) is 0 Å². The molecule has 0 spiro atoms. The number of hydrogen-bond donors (Lipinski definition) is 0. The van der Waals surface area contributed by atoms with Crippen LogP contribution in [0.5, 0.6) is 0 Å². The average Bonchev–Trinajstić information content (AvgIpc) is 3.47. The van der Waals surface area contributed by atoms with Crippen LogP contribution in [0.4, 0.5) is 0 Å². The van der Waals surface area contributed by atoms with Gasteiger partial charge in [0.1, 0.15) is 11.2 Å². The van der Waals surface area contributed by atoms with E-state index in [0.29, 0.717) is 17.5 Å². The molecule has 0 unspecified atom stereocenters. The minimum atomic E-state index is 0.598. The van der Waals surface area contributed by atoms with Crippen LogP contribution in [0.1, 0.15) is 5.56 Å². The number of nitrogens with zero attached hydrogens (tertiary/aromatic N) is 3. The van der Waals surface area contributed by atoms with E-state index in [4.69, 9.17) is 19.4 Å². The van der Waals surface area contributed by atoms with Gasteiger partial charge in [0.15, 0.2) is 17.5 Å². The van der Waals surface area contributed by atoms with Crippen molar-refractivity contribution in [1.29, 1.82) is 0 Å². The van der Waals surface area contributed by atoms with E-state index in [0.717, 1.165) is 60.9 Å². The number of furan rings is 1. The Bertz CT molecular complexity index is 2290. The Morgan fingerprint density at radius 3 is 1.70 bits per heavy atom. The number of hydrogen-bond acceptors (Lipinski definition) is 4. The van der Waals surface area contributed by atoms with Crippen molar-refractivity contribution in [2.45, 2.75) is 6.92 Å². The van der Waals surface area contributed by atoms with Crippen molar-refractivity contribution in [2.24, 2.45) is 0 Å². The van der Waals surface area contributed by atoms with Gasteiger partial charge in [-0.1, -0.05) is 127 Å². The Morgan fingerprint density at radius 2 is 0.977 bits per heavy atom. The normalized spacial score (nSPS) is 11.3. The maximum atomic E-state index is 6.41. The third-order valence-corrected chi connectivity index (χ3v) is 7.98. The molecule has 0 fully saturated rings. The molecule has 0 amide bonds. The van der Waals surface area contributed by atoms with Crippen molar-refractivity contribution in [3.8, 4) is 56.4 Å². The Balaban J connectivity index is 1.28. The molecule has 0 N–H and O–H groups in total. The van der Waals surface area contributed by atoms with Crippen LogP contribution in [0.3, 0.4) is 0 Å². The fraction of sp³-hybridized carbons (Fsp3) is 0.0250. The molecule has 4 heteroatoms. The molecule has 4 nitrogen and oxygen atoms in total. The summed E-state index contributed by atoms with van der Waals surface area (Å²) in [6.45, 7) is 2.11. The van der Waals surface area contributed by atoms with Gasteiger partial charge in [0.25, 0.3) is 0 Å². The number of fused-ring (bicyclic) bond motifs is 3. The maximum absolute atomic E-state index is 6.41. The van der Waals surface area contributed by atoms with Crippen LogP contribution in [0, 0.1) is 6.92 Å². The van der Waals surface area contributed by atoms with Gasteiger partial charge in [-0.3, -0.25) is 0 Å².